The lowest BCUT2D eigenvalue weighted by Crippen LogP contribution is -2.62. The molecule has 1 aliphatic rings. The van der Waals surface area contributed by atoms with Gasteiger partial charge in [0.1, 0.15) is 0 Å². The number of carbonyl (C=O) groups excluding carboxylic acids is 1. The molecule has 0 aromatic heterocycles. The molecule has 0 saturated heterocycles. The van der Waals surface area contributed by atoms with Crippen molar-refractivity contribution in [3.63, 3.8) is 0 Å². The first-order chi connectivity index (χ1) is 9.36. The molecule has 0 radical (unpaired) electrons. The average molecular weight is 277 g/mol. The summed E-state index contributed by atoms with van der Waals surface area (Å²) in [6.45, 7) is 6.89. The van der Waals surface area contributed by atoms with Gasteiger partial charge >= 0.3 is 0 Å². The fraction of sp³-hybridized carbons (Fsp3) is 0.533. The Kier molecular flexibility index (Phi) is 3.90. The number of hydrogen-bond donors (Lipinski definition) is 3. The second-order valence-electron chi connectivity index (χ2n) is 5.87. The number of nitrogens with one attached hydrogen (secondary N) is 1. The normalized spacial score (nSPS) is 23.9. The second kappa shape index (κ2) is 5.32. The minimum absolute atomic E-state index is 0.0613. The van der Waals surface area contributed by atoms with Crippen LogP contribution in [0.25, 0.3) is 0 Å². The number of anilines is 2. The molecule has 1 aromatic carbocycles. The molecule has 110 valence electrons. The quantitative estimate of drug-likeness (QED) is 0.732. The molecular weight excluding hydrogens is 254 g/mol. The molecular formula is C15H23N3O2. The van der Waals surface area contributed by atoms with Crippen LogP contribution in [0.4, 0.5) is 11.4 Å². The standard InChI is InChI=1S/C15H23N3O2/c1-4-20-13-8-12(15(13,2)3)18-14(19)10-6-5-9(16)7-11(10)17/h5-7,12-13H,4,8,16-17H2,1-3H3,(H,18,19). The third-order valence-corrected chi connectivity index (χ3v) is 4.17. The van der Waals surface area contributed by atoms with Gasteiger partial charge in [-0.25, -0.2) is 0 Å². The van der Waals surface area contributed by atoms with Crippen molar-refractivity contribution in [3.05, 3.63) is 23.8 Å². The average Bonchev–Trinajstić information content (AvgIpc) is 2.37. The zero-order valence-electron chi connectivity index (χ0n) is 12.3. The van der Waals surface area contributed by atoms with Crippen LogP contribution in [-0.2, 0) is 4.74 Å². The van der Waals surface area contributed by atoms with E-state index in [1.54, 1.807) is 18.2 Å². The summed E-state index contributed by atoms with van der Waals surface area (Å²) in [5.74, 6) is -0.157. The summed E-state index contributed by atoms with van der Waals surface area (Å²) in [5, 5.41) is 3.03. The van der Waals surface area contributed by atoms with Gasteiger partial charge in [0, 0.05) is 29.4 Å². The van der Waals surface area contributed by atoms with Crippen molar-refractivity contribution < 1.29 is 9.53 Å². The SMILES string of the molecule is CCOC1CC(NC(=O)c2ccc(N)cc2N)C1(C)C. The molecule has 1 aliphatic carbocycles. The Labute approximate surface area is 119 Å². The lowest BCUT2D eigenvalue weighted by atomic mass is 9.64. The van der Waals surface area contributed by atoms with Crippen LogP contribution in [0, 0.1) is 5.41 Å². The molecule has 5 nitrogen and oxygen atoms in total. The predicted molar refractivity (Wildman–Crippen MR) is 80.3 cm³/mol. The molecule has 1 saturated carbocycles. The van der Waals surface area contributed by atoms with Crippen molar-refractivity contribution in [3.8, 4) is 0 Å². The van der Waals surface area contributed by atoms with E-state index in [-0.39, 0.29) is 23.5 Å². The van der Waals surface area contributed by atoms with Crippen molar-refractivity contribution in [2.75, 3.05) is 18.1 Å². The Morgan fingerprint density at radius 2 is 2.15 bits per heavy atom. The third-order valence-electron chi connectivity index (χ3n) is 4.17. The minimum atomic E-state index is -0.157. The number of nitrogens with two attached hydrogens (primary N) is 2. The van der Waals surface area contributed by atoms with E-state index in [0.717, 1.165) is 6.42 Å². The third kappa shape index (κ3) is 2.58. The summed E-state index contributed by atoms with van der Waals surface area (Å²) in [4.78, 5) is 12.3. The molecule has 1 aromatic rings. The fourth-order valence-electron chi connectivity index (χ4n) is 2.64. The molecule has 2 unspecified atom stereocenters. The molecule has 0 bridgehead atoms. The summed E-state index contributed by atoms with van der Waals surface area (Å²) in [6.07, 6.45) is 1.03. The van der Waals surface area contributed by atoms with Crippen molar-refractivity contribution in [2.24, 2.45) is 5.41 Å². The number of ether oxygens (including phenoxy) is 1. The van der Waals surface area contributed by atoms with Gasteiger partial charge in [-0.3, -0.25) is 4.79 Å². The van der Waals surface area contributed by atoms with E-state index < -0.39 is 0 Å². The van der Waals surface area contributed by atoms with E-state index in [4.69, 9.17) is 16.2 Å². The van der Waals surface area contributed by atoms with E-state index in [2.05, 4.69) is 19.2 Å². The van der Waals surface area contributed by atoms with E-state index >= 15 is 0 Å². The van der Waals surface area contributed by atoms with Gasteiger partial charge in [-0.2, -0.15) is 0 Å². The highest BCUT2D eigenvalue weighted by Gasteiger charge is 2.49. The second-order valence-corrected chi connectivity index (χ2v) is 5.87. The van der Waals surface area contributed by atoms with Crippen LogP contribution >= 0.6 is 0 Å². The van der Waals surface area contributed by atoms with Gasteiger partial charge in [-0.05, 0) is 31.5 Å². The lowest BCUT2D eigenvalue weighted by molar-refractivity contribution is -0.111. The van der Waals surface area contributed by atoms with Gasteiger partial charge in [0.15, 0.2) is 0 Å². The Hall–Kier alpha value is -1.75. The highest BCUT2D eigenvalue weighted by Crippen LogP contribution is 2.42. The number of amides is 1. The Bertz CT molecular complexity index is 514. The number of carbonyl (C=O) groups is 1. The van der Waals surface area contributed by atoms with E-state index in [1.165, 1.54) is 0 Å². The number of rotatable bonds is 4. The zero-order chi connectivity index (χ0) is 14.9. The predicted octanol–water partition coefficient (Wildman–Crippen LogP) is 1.78. The maximum atomic E-state index is 12.3. The van der Waals surface area contributed by atoms with Crippen LogP contribution < -0.4 is 16.8 Å². The minimum Gasteiger partial charge on any atom is -0.399 e. The van der Waals surface area contributed by atoms with Crippen molar-refractivity contribution in [2.45, 2.75) is 39.3 Å². The van der Waals surface area contributed by atoms with E-state index in [0.29, 0.717) is 23.5 Å². The summed E-state index contributed by atoms with van der Waals surface area (Å²) in [6, 6.07) is 5.04. The first-order valence-electron chi connectivity index (χ1n) is 6.93. The monoisotopic (exact) mass is 277 g/mol. The molecule has 2 rings (SSSR count). The van der Waals surface area contributed by atoms with Crippen LogP contribution in [0.2, 0.25) is 0 Å². The van der Waals surface area contributed by atoms with E-state index in [9.17, 15) is 4.79 Å². The van der Waals surface area contributed by atoms with Gasteiger partial charge in [-0.1, -0.05) is 13.8 Å². The molecule has 1 fully saturated rings. The highest BCUT2D eigenvalue weighted by molar-refractivity contribution is 5.99. The number of nitrogen functional groups attached to an aromatic ring is 2. The summed E-state index contributed by atoms with van der Waals surface area (Å²) in [5.41, 5.74) is 12.8. The molecule has 0 spiro atoms. The molecule has 20 heavy (non-hydrogen) atoms. The van der Waals surface area contributed by atoms with E-state index in [1.807, 2.05) is 6.92 Å². The Morgan fingerprint density at radius 3 is 2.70 bits per heavy atom. The summed E-state index contributed by atoms with van der Waals surface area (Å²) >= 11 is 0. The topological polar surface area (TPSA) is 90.4 Å². The number of hydrogen-bond acceptors (Lipinski definition) is 4. The molecule has 2 atom stereocenters. The maximum absolute atomic E-state index is 12.3. The highest BCUT2D eigenvalue weighted by atomic mass is 16.5. The van der Waals surface area contributed by atoms with Crippen molar-refractivity contribution in [1.29, 1.82) is 0 Å². The largest absolute Gasteiger partial charge is 0.399 e. The van der Waals surface area contributed by atoms with Crippen LogP contribution in [0.3, 0.4) is 0 Å². The first kappa shape index (κ1) is 14.7. The van der Waals surface area contributed by atoms with Crippen molar-refractivity contribution >= 4 is 17.3 Å². The molecule has 0 aliphatic heterocycles. The van der Waals surface area contributed by atoms with Gasteiger partial charge < -0.3 is 21.5 Å². The van der Waals surface area contributed by atoms with Gasteiger partial charge in [0.25, 0.3) is 5.91 Å². The lowest BCUT2D eigenvalue weighted by Gasteiger charge is -2.51. The summed E-state index contributed by atoms with van der Waals surface area (Å²) in [7, 11) is 0. The van der Waals surface area contributed by atoms with Gasteiger partial charge in [0.2, 0.25) is 0 Å². The molecule has 5 heteroatoms. The zero-order valence-corrected chi connectivity index (χ0v) is 12.3. The van der Waals surface area contributed by atoms with Crippen LogP contribution in [0.1, 0.15) is 37.6 Å². The molecule has 1 amide bonds. The van der Waals surface area contributed by atoms with Crippen LogP contribution in [0.15, 0.2) is 18.2 Å². The molecule has 5 N–H and O–H groups in total. The Morgan fingerprint density at radius 1 is 1.45 bits per heavy atom. The fourth-order valence-corrected chi connectivity index (χ4v) is 2.64. The molecule has 0 heterocycles. The smallest absolute Gasteiger partial charge is 0.253 e. The Balaban J connectivity index is 2.03. The van der Waals surface area contributed by atoms with Crippen molar-refractivity contribution in [1.82, 2.24) is 5.32 Å². The van der Waals surface area contributed by atoms with Crippen LogP contribution in [-0.4, -0.2) is 24.7 Å². The van der Waals surface area contributed by atoms with Gasteiger partial charge in [-0.15, -0.1) is 0 Å². The first-order valence-corrected chi connectivity index (χ1v) is 6.93. The summed E-state index contributed by atoms with van der Waals surface area (Å²) < 4.78 is 5.66. The van der Waals surface area contributed by atoms with Crippen LogP contribution in [0.5, 0.6) is 0 Å². The number of benzene rings is 1. The maximum Gasteiger partial charge on any atom is 0.253 e. The van der Waals surface area contributed by atoms with Gasteiger partial charge in [0.05, 0.1) is 11.7 Å².